The summed E-state index contributed by atoms with van der Waals surface area (Å²) in [6.45, 7) is -0.711. The molecule has 0 aliphatic heterocycles. The average molecular weight is 328 g/mol. The fourth-order valence-corrected chi connectivity index (χ4v) is 1.67. The van der Waals surface area contributed by atoms with Gasteiger partial charge in [-0.05, 0) is 34.1 Å². The van der Waals surface area contributed by atoms with Crippen LogP contribution in [0.25, 0.3) is 0 Å². The highest BCUT2D eigenvalue weighted by molar-refractivity contribution is 9.10. The summed E-state index contributed by atoms with van der Waals surface area (Å²) >= 11 is 3.17. The number of carboxylic acid groups (broad SMARTS) is 1. The Labute approximate surface area is 117 Å². The number of carbonyl (C=O) groups excluding carboxylic acids is 1. The summed E-state index contributed by atoms with van der Waals surface area (Å²) in [6, 6.07) is 4.29. The van der Waals surface area contributed by atoms with Gasteiger partial charge in [0.2, 0.25) is 0 Å². The second kappa shape index (κ2) is 6.72. The number of nitrogens with one attached hydrogen (secondary N) is 2. The highest BCUT2D eigenvalue weighted by atomic mass is 79.9. The summed E-state index contributed by atoms with van der Waals surface area (Å²) in [6.07, 6.45) is 0. The lowest BCUT2D eigenvalue weighted by Gasteiger charge is -2.13. The van der Waals surface area contributed by atoms with E-state index in [0.717, 1.165) is 0 Å². The van der Waals surface area contributed by atoms with Gasteiger partial charge in [0.1, 0.15) is 0 Å². The number of rotatable bonds is 4. The van der Waals surface area contributed by atoms with Gasteiger partial charge in [-0.25, -0.2) is 9.59 Å². The molecule has 8 heteroatoms. The highest BCUT2D eigenvalue weighted by Gasteiger charge is 2.18. The number of carbonyl (C=O) groups is 2. The first-order valence-corrected chi connectivity index (χ1v) is 5.88. The van der Waals surface area contributed by atoms with Crippen LogP contribution in [-0.2, 0) is 4.79 Å². The molecule has 1 rings (SSSR count). The van der Waals surface area contributed by atoms with E-state index >= 15 is 0 Å². The first-order chi connectivity index (χ1) is 8.97. The van der Waals surface area contributed by atoms with Crippen molar-refractivity contribution in [1.82, 2.24) is 5.32 Å². The van der Waals surface area contributed by atoms with Crippen molar-refractivity contribution in [2.75, 3.05) is 11.9 Å². The van der Waals surface area contributed by atoms with E-state index in [9.17, 15) is 9.59 Å². The number of nitrogens with zero attached hydrogens (tertiary/aromatic N) is 1. The zero-order chi connectivity index (χ0) is 14.4. The molecule has 0 bridgehead atoms. The number of amides is 2. The predicted octanol–water partition coefficient (Wildman–Crippen LogP) is 0.888. The van der Waals surface area contributed by atoms with Crippen molar-refractivity contribution in [2.45, 2.75) is 6.04 Å². The van der Waals surface area contributed by atoms with E-state index < -0.39 is 24.6 Å². The molecule has 1 atom stereocenters. The molecule has 0 fully saturated rings. The third kappa shape index (κ3) is 4.24. The van der Waals surface area contributed by atoms with Crippen molar-refractivity contribution >= 4 is 33.6 Å². The van der Waals surface area contributed by atoms with E-state index in [2.05, 4.69) is 26.6 Å². The van der Waals surface area contributed by atoms with Gasteiger partial charge in [0.15, 0.2) is 6.04 Å². The molecule has 0 aliphatic carbocycles. The molecule has 19 heavy (non-hydrogen) atoms. The summed E-state index contributed by atoms with van der Waals surface area (Å²) in [5.74, 6) is -1.34. The Morgan fingerprint density at radius 1 is 1.47 bits per heavy atom. The Balaban J connectivity index is 2.72. The zero-order valence-electron chi connectivity index (χ0n) is 9.55. The van der Waals surface area contributed by atoms with Crippen LogP contribution in [0.1, 0.15) is 5.56 Å². The minimum Gasteiger partial charge on any atom is -0.480 e. The number of urea groups is 1. The monoisotopic (exact) mass is 327 g/mol. The van der Waals surface area contributed by atoms with Gasteiger partial charge < -0.3 is 20.8 Å². The molecule has 2 amide bonds. The van der Waals surface area contributed by atoms with Crippen molar-refractivity contribution in [3.8, 4) is 6.07 Å². The normalized spacial score (nSPS) is 11.2. The largest absolute Gasteiger partial charge is 0.480 e. The van der Waals surface area contributed by atoms with Gasteiger partial charge in [0.25, 0.3) is 0 Å². The Kier molecular flexibility index (Phi) is 5.29. The van der Waals surface area contributed by atoms with Gasteiger partial charge in [-0.1, -0.05) is 0 Å². The Hall–Kier alpha value is -2.11. The van der Waals surface area contributed by atoms with E-state index in [4.69, 9.17) is 15.5 Å². The lowest BCUT2D eigenvalue weighted by Crippen LogP contribution is -2.45. The summed E-state index contributed by atoms with van der Waals surface area (Å²) < 4.78 is 0.484. The number of hydrogen-bond donors (Lipinski definition) is 4. The number of nitriles is 1. The number of hydrogen-bond acceptors (Lipinski definition) is 4. The van der Waals surface area contributed by atoms with Gasteiger partial charge in [-0.3, -0.25) is 0 Å². The lowest BCUT2D eigenvalue weighted by molar-refractivity contribution is -0.140. The van der Waals surface area contributed by atoms with Crippen molar-refractivity contribution in [1.29, 1.82) is 5.26 Å². The number of aliphatic carboxylic acids is 1. The van der Waals surface area contributed by atoms with Crippen molar-refractivity contribution < 1.29 is 19.8 Å². The molecule has 1 aromatic carbocycles. The van der Waals surface area contributed by atoms with Crippen molar-refractivity contribution in [3.63, 3.8) is 0 Å². The number of aliphatic hydroxyl groups is 1. The SMILES string of the molecule is N#Cc1ccc(NC(=O)N[C@@H](CO)C(=O)O)c(Br)c1. The summed E-state index contributed by atoms with van der Waals surface area (Å²) in [5.41, 5.74) is 0.787. The molecule has 0 saturated carbocycles. The molecule has 0 aliphatic rings. The molecule has 0 aromatic heterocycles. The number of anilines is 1. The summed E-state index contributed by atoms with van der Waals surface area (Å²) in [5, 5.41) is 30.6. The predicted molar refractivity (Wildman–Crippen MR) is 69.5 cm³/mol. The van der Waals surface area contributed by atoms with Crippen LogP contribution < -0.4 is 10.6 Å². The summed E-state index contributed by atoms with van der Waals surface area (Å²) in [7, 11) is 0. The maximum atomic E-state index is 11.5. The van der Waals surface area contributed by atoms with Crippen molar-refractivity contribution in [3.05, 3.63) is 28.2 Å². The van der Waals surface area contributed by atoms with Crippen LogP contribution in [0.3, 0.4) is 0 Å². The standard InChI is InChI=1S/C11H10BrN3O4/c12-7-3-6(4-13)1-2-8(7)14-11(19)15-9(5-16)10(17)18/h1-3,9,16H,5H2,(H,17,18)(H2,14,15,19)/t9-/m0/s1. The zero-order valence-corrected chi connectivity index (χ0v) is 11.1. The minimum absolute atomic E-state index is 0.374. The smallest absolute Gasteiger partial charge is 0.328 e. The number of aliphatic hydroxyl groups excluding tert-OH is 1. The lowest BCUT2D eigenvalue weighted by atomic mass is 10.2. The molecule has 0 saturated heterocycles. The maximum Gasteiger partial charge on any atom is 0.328 e. The van der Waals surface area contributed by atoms with E-state index in [0.29, 0.717) is 15.7 Å². The van der Waals surface area contributed by atoms with Crippen LogP contribution >= 0.6 is 15.9 Å². The van der Waals surface area contributed by atoms with E-state index in [1.807, 2.05) is 6.07 Å². The van der Waals surface area contributed by atoms with Gasteiger partial charge >= 0.3 is 12.0 Å². The Morgan fingerprint density at radius 3 is 2.63 bits per heavy atom. The fourth-order valence-electron chi connectivity index (χ4n) is 1.19. The van der Waals surface area contributed by atoms with Gasteiger partial charge in [0, 0.05) is 4.47 Å². The van der Waals surface area contributed by atoms with Crippen LogP contribution in [0.2, 0.25) is 0 Å². The number of halogens is 1. The van der Waals surface area contributed by atoms with E-state index in [1.165, 1.54) is 18.2 Å². The first-order valence-electron chi connectivity index (χ1n) is 5.08. The minimum atomic E-state index is -1.38. The number of benzene rings is 1. The quantitative estimate of drug-likeness (QED) is 0.654. The molecule has 0 spiro atoms. The number of carboxylic acids is 1. The van der Waals surface area contributed by atoms with Crippen LogP contribution in [0.5, 0.6) is 0 Å². The molecule has 1 aromatic rings. The molecule has 100 valence electrons. The third-order valence-electron chi connectivity index (χ3n) is 2.13. The van der Waals surface area contributed by atoms with Crippen molar-refractivity contribution in [2.24, 2.45) is 0 Å². The Morgan fingerprint density at radius 2 is 2.16 bits per heavy atom. The second-order valence-electron chi connectivity index (χ2n) is 3.48. The van der Waals surface area contributed by atoms with Gasteiger partial charge in [-0.2, -0.15) is 5.26 Å². The average Bonchev–Trinajstić information content (AvgIpc) is 2.37. The topological polar surface area (TPSA) is 122 Å². The maximum absolute atomic E-state index is 11.5. The van der Waals surface area contributed by atoms with Crippen LogP contribution in [-0.4, -0.2) is 34.9 Å². The molecule has 0 radical (unpaired) electrons. The molecule has 4 N–H and O–H groups in total. The van der Waals surface area contributed by atoms with Gasteiger partial charge in [0.05, 0.1) is 23.9 Å². The molecule has 0 heterocycles. The van der Waals surface area contributed by atoms with Crippen LogP contribution in [0.15, 0.2) is 22.7 Å². The second-order valence-corrected chi connectivity index (χ2v) is 4.33. The Bertz CT molecular complexity index is 541. The van der Waals surface area contributed by atoms with Crippen LogP contribution in [0.4, 0.5) is 10.5 Å². The molecule has 0 unspecified atom stereocenters. The molecular weight excluding hydrogens is 318 g/mol. The highest BCUT2D eigenvalue weighted by Crippen LogP contribution is 2.23. The summed E-state index contributed by atoms with van der Waals surface area (Å²) in [4.78, 5) is 22.1. The first kappa shape index (κ1) is 14.9. The molecule has 7 nitrogen and oxygen atoms in total. The van der Waals surface area contributed by atoms with Gasteiger partial charge in [-0.15, -0.1) is 0 Å². The van der Waals surface area contributed by atoms with E-state index in [1.54, 1.807) is 0 Å². The third-order valence-corrected chi connectivity index (χ3v) is 2.79. The molecular formula is C11H10BrN3O4. The fraction of sp³-hybridized carbons (Fsp3) is 0.182. The van der Waals surface area contributed by atoms with Crippen LogP contribution in [0, 0.1) is 11.3 Å². The van der Waals surface area contributed by atoms with E-state index in [-0.39, 0.29) is 0 Å².